The van der Waals surface area contributed by atoms with Crippen LogP contribution in [0.3, 0.4) is 0 Å². The Hall–Kier alpha value is -1.12. The zero-order chi connectivity index (χ0) is 13.9. The van der Waals surface area contributed by atoms with Crippen LogP contribution in [0.4, 0.5) is 13.2 Å². The monoisotopic (exact) mass is 282 g/mol. The van der Waals surface area contributed by atoms with Crippen LogP contribution in [0.1, 0.15) is 6.92 Å². The number of likely N-dealkylation sites (N-methyl/N-ethyl adjacent to an activating group) is 1. The fourth-order valence-corrected chi connectivity index (χ4v) is 3.05. The molecule has 0 amide bonds. The molecular weight excluding hydrogens is 269 g/mol. The Morgan fingerprint density at radius 1 is 1.22 bits per heavy atom. The first-order chi connectivity index (χ1) is 8.34. The van der Waals surface area contributed by atoms with Crippen LogP contribution in [0.5, 0.6) is 0 Å². The van der Waals surface area contributed by atoms with Crippen LogP contribution in [0.25, 0.3) is 0 Å². The highest BCUT2D eigenvalue weighted by atomic mass is 32.2. The highest BCUT2D eigenvalue weighted by Crippen LogP contribution is 2.23. The lowest BCUT2D eigenvalue weighted by Crippen LogP contribution is -2.36. The highest BCUT2D eigenvalue weighted by molar-refractivity contribution is 7.89. The Labute approximate surface area is 103 Å². The van der Waals surface area contributed by atoms with E-state index in [4.69, 9.17) is 5.73 Å². The van der Waals surface area contributed by atoms with Gasteiger partial charge in [-0.1, -0.05) is 6.92 Å². The zero-order valence-corrected chi connectivity index (χ0v) is 10.5. The molecule has 4 nitrogen and oxygen atoms in total. The molecule has 0 heterocycles. The average molecular weight is 282 g/mol. The molecule has 0 bridgehead atoms. The Bertz CT molecular complexity index is 511. The van der Waals surface area contributed by atoms with Gasteiger partial charge in [-0.3, -0.25) is 0 Å². The van der Waals surface area contributed by atoms with Crippen molar-refractivity contribution in [2.24, 2.45) is 5.73 Å². The quantitative estimate of drug-likeness (QED) is 0.878. The molecular formula is C10H13F3N2O2S. The molecule has 0 saturated carbocycles. The van der Waals surface area contributed by atoms with Crippen LogP contribution >= 0.6 is 0 Å². The van der Waals surface area contributed by atoms with Crippen LogP contribution in [-0.2, 0) is 10.0 Å². The largest absolute Gasteiger partial charge is 0.329 e. The van der Waals surface area contributed by atoms with Crippen molar-refractivity contribution >= 4 is 10.0 Å². The van der Waals surface area contributed by atoms with Crippen molar-refractivity contribution < 1.29 is 21.6 Å². The number of halogens is 3. The first-order valence-corrected chi connectivity index (χ1v) is 6.63. The van der Waals surface area contributed by atoms with E-state index in [2.05, 4.69) is 0 Å². The summed E-state index contributed by atoms with van der Waals surface area (Å²) in [6.07, 6.45) is 0. The summed E-state index contributed by atoms with van der Waals surface area (Å²) in [6.45, 7) is 1.45. The van der Waals surface area contributed by atoms with Gasteiger partial charge < -0.3 is 5.73 Å². The molecule has 0 aliphatic carbocycles. The maximum absolute atomic E-state index is 13.4. The summed E-state index contributed by atoms with van der Waals surface area (Å²) < 4.78 is 64.3. The van der Waals surface area contributed by atoms with E-state index in [-0.39, 0.29) is 19.6 Å². The van der Waals surface area contributed by atoms with E-state index in [1.165, 1.54) is 6.92 Å². The van der Waals surface area contributed by atoms with E-state index in [1.807, 2.05) is 0 Å². The molecule has 0 atom stereocenters. The summed E-state index contributed by atoms with van der Waals surface area (Å²) in [5.74, 6) is -4.09. The van der Waals surface area contributed by atoms with E-state index in [0.717, 1.165) is 4.31 Å². The van der Waals surface area contributed by atoms with Gasteiger partial charge >= 0.3 is 0 Å². The number of nitrogens with two attached hydrogens (primary N) is 1. The molecule has 0 fully saturated rings. The molecule has 2 N–H and O–H groups in total. The molecule has 0 saturated heterocycles. The average Bonchev–Trinajstić information content (AvgIpc) is 2.23. The number of rotatable bonds is 5. The fourth-order valence-electron chi connectivity index (χ4n) is 1.50. The van der Waals surface area contributed by atoms with Gasteiger partial charge in [-0.15, -0.1) is 0 Å². The maximum atomic E-state index is 13.4. The van der Waals surface area contributed by atoms with Gasteiger partial charge in [0.05, 0.1) is 0 Å². The predicted octanol–water partition coefficient (Wildman–Crippen LogP) is 1.07. The third kappa shape index (κ3) is 2.82. The van der Waals surface area contributed by atoms with E-state index >= 15 is 0 Å². The van der Waals surface area contributed by atoms with Gasteiger partial charge in [-0.05, 0) is 0 Å². The Morgan fingerprint density at radius 3 is 2.11 bits per heavy atom. The second-order valence-electron chi connectivity index (χ2n) is 3.48. The van der Waals surface area contributed by atoms with Gasteiger partial charge in [0.15, 0.2) is 4.90 Å². The normalized spacial score (nSPS) is 12.1. The van der Waals surface area contributed by atoms with Crippen molar-refractivity contribution in [1.29, 1.82) is 0 Å². The van der Waals surface area contributed by atoms with Crippen LogP contribution in [0, 0.1) is 17.5 Å². The maximum Gasteiger partial charge on any atom is 0.248 e. The van der Waals surface area contributed by atoms with E-state index in [0.29, 0.717) is 12.1 Å². The summed E-state index contributed by atoms with van der Waals surface area (Å²) in [5.41, 5.74) is 5.23. The van der Waals surface area contributed by atoms with Crippen molar-refractivity contribution in [3.63, 3.8) is 0 Å². The van der Waals surface area contributed by atoms with Gasteiger partial charge in [-0.2, -0.15) is 4.31 Å². The van der Waals surface area contributed by atoms with Crippen LogP contribution in [0.15, 0.2) is 17.0 Å². The summed E-state index contributed by atoms with van der Waals surface area (Å²) >= 11 is 0. The molecule has 1 aromatic carbocycles. The number of nitrogens with zero attached hydrogens (tertiary/aromatic N) is 1. The molecule has 0 aliphatic heterocycles. The molecule has 1 aromatic rings. The van der Waals surface area contributed by atoms with E-state index < -0.39 is 32.4 Å². The molecule has 0 radical (unpaired) electrons. The molecule has 8 heteroatoms. The number of benzene rings is 1. The smallest absolute Gasteiger partial charge is 0.248 e. The Morgan fingerprint density at radius 2 is 1.72 bits per heavy atom. The van der Waals surface area contributed by atoms with Crippen LogP contribution in [-0.4, -0.2) is 32.4 Å². The predicted molar refractivity (Wildman–Crippen MR) is 59.8 cm³/mol. The van der Waals surface area contributed by atoms with E-state index in [9.17, 15) is 21.6 Å². The molecule has 0 aromatic heterocycles. The summed E-state index contributed by atoms with van der Waals surface area (Å²) in [5, 5.41) is 0. The van der Waals surface area contributed by atoms with Crippen LogP contribution in [0.2, 0.25) is 0 Å². The first-order valence-electron chi connectivity index (χ1n) is 5.19. The number of sulfonamides is 1. The van der Waals surface area contributed by atoms with Gasteiger partial charge in [0.2, 0.25) is 10.0 Å². The van der Waals surface area contributed by atoms with Gasteiger partial charge in [-0.25, -0.2) is 21.6 Å². The Balaban J connectivity index is 3.36. The zero-order valence-electron chi connectivity index (χ0n) is 9.66. The highest BCUT2D eigenvalue weighted by Gasteiger charge is 2.30. The fraction of sp³-hybridized carbons (Fsp3) is 0.400. The minimum atomic E-state index is -4.35. The SMILES string of the molecule is CCN(CCN)S(=O)(=O)c1c(F)cc(F)cc1F. The molecule has 0 unspecified atom stereocenters. The first kappa shape index (κ1) is 14.9. The van der Waals surface area contributed by atoms with Gasteiger partial charge in [0, 0.05) is 31.8 Å². The van der Waals surface area contributed by atoms with Crippen molar-refractivity contribution in [3.8, 4) is 0 Å². The third-order valence-corrected chi connectivity index (χ3v) is 4.32. The minimum Gasteiger partial charge on any atom is -0.329 e. The lowest BCUT2D eigenvalue weighted by Gasteiger charge is -2.20. The van der Waals surface area contributed by atoms with Crippen molar-refractivity contribution in [1.82, 2.24) is 4.31 Å². The molecule has 18 heavy (non-hydrogen) atoms. The topological polar surface area (TPSA) is 63.4 Å². The molecule has 0 spiro atoms. The lowest BCUT2D eigenvalue weighted by atomic mass is 10.3. The summed E-state index contributed by atoms with van der Waals surface area (Å²) in [6, 6.07) is 0.651. The van der Waals surface area contributed by atoms with Gasteiger partial charge in [0.25, 0.3) is 0 Å². The number of hydrogen-bond donors (Lipinski definition) is 1. The second kappa shape index (κ2) is 5.68. The molecule has 1 rings (SSSR count). The third-order valence-electron chi connectivity index (χ3n) is 2.29. The Kier molecular flexibility index (Phi) is 4.71. The van der Waals surface area contributed by atoms with Crippen molar-refractivity contribution in [3.05, 3.63) is 29.6 Å². The minimum absolute atomic E-state index is 0.00971. The van der Waals surface area contributed by atoms with Crippen LogP contribution < -0.4 is 5.73 Å². The van der Waals surface area contributed by atoms with E-state index in [1.54, 1.807) is 0 Å². The number of hydrogen-bond acceptors (Lipinski definition) is 3. The summed E-state index contributed by atoms with van der Waals surface area (Å²) in [7, 11) is -4.35. The lowest BCUT2D eigenvalue weighted by molar-refractivity contribution is 0.421. The molecule has 102 valence electrons. The second-order valence-corrected chi connectivity index (χ2v) is 5.36. The van der Waals surface area contributed by atoms with Gasteiger partial charge in [0.1, 0.15) is 17.5 Å². The summed E-state index contributed by atoms with van der Waals surface area (Å²) in [4.78, 5) is -1.15. The molecule has 0 aliphatic rings. The van der Waals surface area contributed by atoms with Crippen molar-refractivity contribution in [2.75, 3.05) is 19.6 Å². The van der Waals surface area contributed by atoms with Crippen molar-refractivity contribution in [2.45, 2.75) is 11.8 Å². The standard InChI is InChI=1S/C10H13F3N2O2S/c1-2-15(4-3-14)18(16,17)10-8(12)5-7(11)6-9(10)13/h5-6H,2-4,14H2,1H3.